The molecular weight excluding hydrogens is 288 g/mol. The van der Waals surface area contributed by atoms with E-state index in [1.54, 1.807) is 0 Å². The number of nitrogens with one attached hydrogen (secondary N) is 1. The molecule has 0 aromatic rings. The molecule has 1 N–H and O–H groups in total. The van der Waals surface area contributed by atoms with Crippen LogP contribution in [0.1, 0.15) is 46.0 Å². The number of nitrogens with zero attached hydrogens (tertiary/aromatic N) is 1. The summed E-state index contributed by atoms with van der Waals surface area (Å²) in [4.78, 5) is 14.5. The topological polar surface area (TPSA) is 58.6 Å². The number of hydrogen-bond acceptors (Lipinski definition) is 3. The lowest BCUT2D eigenvalue weighted by Crippen LogP contribution is -2.62. The second-order valence-electron chi connectivity index (χ2n) is 7.35. The molecule has 0 aromatic heterocycles. The zero-order valence-electron chi connectivity index (χ0n) is 13.0. The summed E-state index contributed by atoms with van der Waals surface area (Å²) in [6, 6.07) is 0.0605. The molecule has 2 amide bonds. The van der Waals surface area contributed by atoms with E-state index in [-0.39, 0.29) is 23.3 Å². The van der Waals surface area contributed by atoms with Gasteiger partial charge in [0.2, 0.25) is 0 Å². The number of ether oxygens (including phenoxy) is 1. The van der Waals surface area contributed by atoms with Gasteiger partial charge in [0.1, 0.15) is 0 Å². The van der Waals surface area contributed by atoms with Gasteiger partial charge in [-0.25, -0.2) is 4.79 Å². The van der Waals surface area contributed by atoms with E-state index in [1.165, 1.54) is 12.8 Å². The molecule has 0 aromatic carbocycles. The molecule has 2 saturated heterocycles. The first-order valence-electron chi connectivity index (χ1n) is 7.98. The molecule has 0 unspecified atom stereocenters. The molecule has 2 heterocycles. The maximum absolute atomic E-state index is 12.5. The molecular formula is C15H26N2O3S. The molecule has 5 nitrogen and oxygen atoms in total. The van der Waals surface area contributed by atoms with Crippen LogP contribution in [0.15, 0.2) is 0 Å². The van der Waals surface area contributed by atoms with Crippen LogP contribution in [0.3, 0.4) is 0 Å². The highest BCUT2D eigenvalue weighted by Gasteiger charge is 2.47. The van der Waals surface area contributed by atoms with Crippen LogP contribution in [0.4, 0.5) is 4.79 Å². The molecule has 3 aliphatic rings. The van der Waals surface area contributed by atoms with E-state index < -0.39 is 10.8 Å². The highest BCUT2D eigenvalue weighted by atomic mass is 32.2. The second-order valence-corrected chi connectivity index (χ2v) is 8.97. The van der Waals surface area contributed by atoms with Gasteiger partial charge in [0, 0.05) is 28.3 Å². The number of urea groups is 1. The quantitative estimate of drug-likeness (QED) is 0.800. The molecule has 2 aliphatic heterocycles. The molecule has 3 rings (SSSR count). The van der Waals surface area contributed by atoms with Crippen molar-refractivity contribution in [2.24, 2.45) is 0 Å². The Morgan fingerprint density at radius 1 is 1.29 bits per heavy atom. The minimum atomic E-state index is -0.756. The average molecular weight is 314 g/mol. The minimum Gasteiger partial charge on any atom is -0.365 e. The monoisotopic (exact) mass is 314 g/mol. The third-order valence-electron chi connectivity index (χ3n) is 4.75. The van der Waals surface area contributed by atoms with E-state index in [2.05, 4.69) is 19.2 Å². The number of carbonyl (C=O) groups is 1. The van der Waals surface area contributed by atoms with Gasteiger partial charge in [-0.05, 0) is 33.1 Å². The average Bonchev–Trinajstić information content (AvgIpc) is 2.97. The Kier molecular flexibility index (Phi) is 4.03. The summed E-state index contributed by atoms with van der Waals surface area (Å²) in [5, 5.41) is 3.06. The Balaban J connectivity index is 1.65. The minimum absolute atomic E-state index is 0.0125. The van der Waals surface area contributed by atoms with Crippen LogP contribution < -0.4 is 5.32 Å². The van der Waals surface area contributed by atoms with Gasteiger partial charge < -0.3 is 15.0 Å². The van der Waals surface area contributed by atoms with Gasteiger partial charge >= 0.3 is 6.03 Å². The third-order valence-corrected chi connectivity index (χ3v) is 6.22. The van der Waals surface area contributed by atoms with Gasteiger partial charge in [-0.2, -0.15) is 0 Å². The SMILES string of the molecule is CC1(C)CN(C(=O)N[C@@H]2CC[S@@](=O)C2)CC2(CCCC2)O1. The molecule has 0 radical (unpaired) electrons. The van der Waals surface area contributed by atoms with E-state index in [4.69, 9.17) is 4.74 Å². The predicted molar refractivity (Wildman–Crippen MR) is 82.7 cm³/mol. The number of amides is 2. The Hall–Kier alpha value is -0.620. The van der Waals surface area contributed by atoms with E-state index in [0.29, 0.717) is 24.6 Å². The molecule has 6 heteroatoms. The normalized spacial score (nSPS) is 34.3. The number of hydrogen-bond donors (Lipinski definition) is 1. The van der Waals surface area contributed by atoms with Gasteiger partial charge in [-0.3, -0.25) is 4.21 Å². The van der Waals surface area contributed by atoms with Gasteiger partial charge in [0.05, 0.1) is 24.3 Å². The van der Waals surface area contributed by atoms with Crippen molar-refractivity contribution >= 4 is 16.8 Å². The van der Waals surface area contributed by atoms with Crippen LogP contribution in [-0.2, 0) is 15.5 Å². The summed E-state index contributed by atoms with van der Waals surface area (Å²) in [6.45, 7) is 5.45. The number of morpholine rings is 1. The lowest BCUT2D eigenvalue weighted by Gasteiger charge is -2.48. The lowest BCUT2D eigenvalue weighted by molar-refractivity contribution is -0.184. The first-order chi connectivity index (χ1) is 9.88. The van der Waals surface area contributed by atoms with Crippen molar-refractivity contribution < 1.29 is 13.7 Å². The highest BCUT2D eigenvalue weighted by molar-refractivity contribution is 7.85. The summed E-state index contributed by atoms with van der Waals surface area (Å²) in [7, 11) is -0.756. The smallest absolute Gasteiger partial charge is 0.317 e. The molecule has 1 spiro atoms. The van der Waals surface area contributed by atoms with Crippen molar-refractivity contribution in [1.82, 2.24) is 10.2 Å². The van der Waals surface area contributed by atoms with Crippen LogP contribution in [0.2, 0.25) is 0 Å². The van der Waals surface area contributed by atoms with E-state index >= 15 is 0 Å². The first-order valence-corrected chi connectivity index (χ1v) is 9.47. The van der Waals surface area contributed by atoms with Crippen LogP contribution in [0, 0.1) is 0 Å². The Morgan fingerprint density at radius 2 is 2.00 bits per heavy atom. The largest absolute Gasteiger partial charge is 0.365 e. The van der Waals surface area contributed by atoms with Crippen molar-refractivity contribution in [2.45, 2.75) is 63.2 Å². The Bertz CT molecular complexity index is 446. The first kappa shape index (κ1) is 15.3. The van der Waals surface area contributed by atoms with Crippen LogP contribution >= 0.6 is 0 Å². The summed E-state index contributed by atoms with van der Waals surface area (Å²) >= 11 is 0. The molecule has 1 saturated carbocycles. The van der Waals surface area contributed by atoms with Gasteiger partial charge in [0.25, 0.3) is 0 Å². The fraction of sp³-hybridized carbons (Fsp3) is 0.933. The van der Waals surface area contributed by atoms with Crippen molar-refractivity contribution in [3.63, 3.8) is 0 Å². The molecule has 1 aliphatic carbocycles. The number of rotatable bonds is 1. The molecule has 0 bridgehead atoms. The molecule has 2 atom stereocenters. The predicted octanol–water partition coefficient (Wildman–Crippen LogP) is 1.64. The second kappa shape index (κ2) is 5.54. The summed E-state index contributed by atoms with van der Waals surface area (Å²) in [5.74, 6) is 1.31. The third kappa shape index (κ3) is 3.42. The van der Waals surface area contributed by atoms with Crippen molar-refractivity contribution in [3.8, 4) is 0 Å². The van der Waals surface area contributed by atoms with Gasteiger partial charge in [0.15, 0.2) is 0 Å². The molecule has 3 fully saturated rings. The highest BCUT2D eigenvalue weighted by Crippen LogP contribution is 2.40. The van der Waals surface area contributed by atoms with Crippen molar-refractivity contribution in [3.05, 3.63) is 0 Å². The zero-order valence-corrected chi connectivity index (χ0v) is 13.8. The van der Waals surface area contributed by atoms with Gasteiger partial charge in [-0.15, -0.1) is 0 Å². The Morgan fingerprint density at radius 3 is 2.62 bits per heavy atom. The maximum atomic E-state index is 12.5. The molecule has 21 heavy (non-hydrogen) atoms. The zero-order chi connectivity index (χ0) is 15.1. The van der Waals surface area contributed by atoms with Crippen LogP contribution in [-0.4, -0.2) is 57.0 Å². The molecule has 120 valence electrons. The summed E-state index contributed by atoms with van der Waals surface area (Å²) in [5.41, 5.74) is -0.435. The standard InChI is InChI=1S/C15H26N2O3S/c1-14(2)10-17(11-15(20-14)6-3-4-7-15)13(18)16-12-5-8-21(19)9-12/h12H,3-11H2,1-2H3,(H,16,18)/t12-,21-/m1/s1. The Labute approximate surface area is 129 Å². The lowest BCUT2D eigenvalue weighted by atomic mass is 9.94. The fourth-order valence-corrected chi connectivity index (χ4v) is 5.39. The van der Waals surface area contributed by atoms with E-state index in [0.717, 1.165) is 19.3 Å². The van der Waals surface area contributed by atoms with Crippen LogP contribution in [0.5, 0.6) is 0 Å². The van der Waals surface area contributed by atoms with Crippen molar-refractivity contribution in [2.75, 3.05) is 24.6 Å². The van der Waals surface area contributed by atoms with Crippen molar-refractivity contribution in [1.29, 1.82) is 0 Å². The van der Waals surface area contributed by atoms with E-state index in [1.807, 2.05) is 4.90 Å². The fourth-order valence-electron chi connectivity index (χ4n) is 3.98. The maximum Gasteiger partial charge on any atom is 0.317 e. The summed E-state index contributed by atoms with van der Waals surface area (Å²) in [6.07, 6.45) is 5.30. The van der Waals surface area contributed by atoms with E-state index in [9.17, 15) is 9.00 Å². The summed E-state index contributed by atoms with van der Waals surface area (Å²) < 4.78 is 17.8. The number of carbonyl (C=O) groups excluding carboxylic acids is 1. The van der Waals surface area contributed by atoms with Crippen LogP contribution in [0.25, 0.3) is 0 Å². The van der Waals surface area contributed by atoms with Gasteiger partial charge in [-0.1, -0.05) is 12.8 Å².